The molecule has 1 unspecified atom stereocenters. The Bertz CT molecular complexity index is 419. The van der Waals surface area contributed by atoms with E-state index in [4.69, 9.17) is 0 Å². The summed E-state index contributed by atoms with van der Waals surface area (Å²) in [6.45, 7) is 3.11. The number of anilines is 1. The third kappa shape index (κ3) is 4.40. The maximum atomic E-state index is 11.8. The number of halogens is 2. The number of hydrogen-bond acceptors (Lipinski definition) is 2. The highest BCUT2D eigenvalue weighted by molar-refractivity contribution is 14.1. The number of nitrogens with one attached hydrogen (secondary N) is 2. The van der Waals surface area contributed by atoms with Crippen LogP contribution in [-0.2, 0) is 4.79 Å². The average molecular weight is 381 g/mol. The minimum Gasteiger partial charge on any atom is -0.326 e. The molecular weight excluding hydrogens is 363 g/mol. The summed E-state index contributed by atoms with van der Waals surface area (Å²) in [5.41, 5.74) is 2.13. The molecule has 0 bridgehead atoms. The molecule has 3 nitrogen and oxygen atoms in total. The molecule has 5 heteroatoms. The second-order valence-corrected chi connectivity index (χ2v) is 5.67. The van der Waals surface area contributed by atoms with Crippen LogP contribution in [0.25, 0.3) is 0 Å². The third-order valence-electron chi connectivity index (χ3n) is 3.05. The highest BCUT2D eigenvalue weighted by Crippen LogP contribution is 2.18. The summed E-state index contributed by atoms with van der Waals surface area (Å²) in [5.74, 6) is 0.101. The molecule has 1 heterocycles. The van der Waals surface area contributed by atoms with Crippen LogP contribution in [0.15, 0.2) is 18.2 Å². The zero-order valence-corrected chi connectivity index (χ0v) is 13.3. The van der Waals surface area contributed by atoms with E-state index >= 15 is 0 Å². The summed E-state index contributed by atoms with van der Waals surface area (Å²) in [4.78, 5) is 11.8. The predicted octanol–water partition coefficient (Wildman–Crippen LogP) is 3.10. The van der Waals surface area contributed by atoms with Crippen LogP contribution in [-0.4, -0.2) is 18.5 Å². The molecule has 18 heavy (non-hydrogen) atoms. The zero-order valence-electron chi connectivity index (χ0n) is 10.3. The number of benzene rings is 1. The number of carbonyl (C=O) groups excluding carboxylic acids is 1. The highest BCUT2D eigenvalue weighted by atomic mass is 127. The first kappa shape index (κ1) is 15.7. The van der Waals surface area contributed by atoms with Gasteiger partial charge in [-0.3, -0.25) is 4.79 Å². The fraction of sp³-hybridized carbons (Fsp3) is 0.462. The van der Waals surface area contributed by atoms with Crippen LogP contribution in [0.3, 0.4) is 0 Å². The van der Waals surface area contributed by atoms with Crippen LogP contribution in [0.4, 0.5) is 5.69 Å². The molecule has 2 N–H and O–H groups in total. The molecule has 1 atom stereocenters. The monoisotopic (exact) mass is 380 g/mol. The summed E-state index contributed by atoms with van der Waals surface area (Å²) in [5, 5.41) is 6.28. The lowest BCUT2D eigenvalue weighted by molar-refractivity contribution is -0.116. The fourth-order valence-electron chi connectivity index (χ4n) is 2.04. The molecule has 0 aromatic heterocycles. The van der Waals surface area contributed by atoms with Crippen LogP contribution in [0.1, 0.15) is 24.8 Å². The molecule has 0 aliphatic carbocycles. The standard InChI is InChI=1S/C13H17IN2O.ClH/c1-9-4-5-11(7-12(9)14)16-13(17)8-10-3-2-6-15-10;/h4-5,7,10,15H,2-3,6,8H2,1H3,(H,16,17);1H. The number of aryl methyl sites for hydroxylation is 1. The van der Waals surface area contributed by atoms with Gasteiger partial charge in [0.2, 0.25) is 5.91 Å². The molecule has 0 saturated carbocycles. The Morgan fingerprint density at radius 1 is 1.56 bits per heavy atom. The first-order valence-electron chi connectivity index (χ1n) is 5.94. The lowest BCUT2D eigenvalue weighted by Gasteiger charge is -2.11. The van der Waals surface area contributed by atoms with Gasteiger partial charge in [-0.05, 0) is 66.6 Å². The normalized spacial score (nSPS) is 18.2. The van der Waals surface area contributed by atoms with Crippen molar-refractivity contribution in [2.75, 3.05) is 11.9 Å². The van der Waals surface area contributed by atoms with Gasteiger partial charge in [-0.2, -0.15) is 0 Å². The minimum absolute atomic E-state index is 0. The number of amides is 1. The van der Waals surface area contributed by atoms with Gasteiger partial charge < -0.3 is 10.6 Å². The summed E-state index contributed by atoms with van der Waals surface area (Å²) < 4.78 is 1.18. The maximum Gasteiger partial charge on any atom is 0.225 e. The van der Waals surface area contributed by atoms with Gasteiger partial charge in [-0.25, -0.2) is 0 Å². The summed E-state index contributed by atoms with van der Waals surface area (Å²) in [7, 11) is 0. The smallest absolute Gasteiger partial charge is 0.225 e. The molecule has 2 rings (SSSR count). The van der Waals surface area contributed by atoms with Gasteiger partial charge in [-0.1, -0.05) is 6.07 Å². The van der Waals surface area contributed by atoms with E-state index in [9.17, 15) is 4.79 Å². The van der Waals surface area contributed by atoms with Crippen molar-refractivity contribution in [3.8, 4) is 0 Å². The van der Waals surface area contributed by atoms with E-state index in [-0.39, 0.29) is 18.3 Å². The molecule has 100 valence electrons. The van der Waals surface area contributed by atoms with E-state index < -0.39 is 0 Å². The Balaban J connectivity index is 0.00000162. The predicted molar refractivity (Wildman–Crippen MR) is 85.4 cm³/mol. The van der Waals surface area contributed by atoms with Crippen molar-refractivity contribution in [3.63, 3.8) is 0 Å². The minimum atomic E-state index is 0. The zero-order chi connectivity index (χ0) is 12.3. The average Bonchev–Trinajstić information content (AvgIpc) is 2.76. The van der Waals surface area contributed by atoms with Crippen LogP contribution < -0.4 is 10.6 Å². The molecule has 0 radical (unpaired) electrons. The summed E-state index contributed by atoms with van der Waals surface area (Å²) >= 11 is 2.28. The highest BCUT2D eigenvalue weighted by Gasteiger charge is 2.17. The Labute approximate surface area is 128 Å². The van der Waals surface area contributed by atoms with Gasteiger partial charge in [0, 0.05) is 21.7 Å². The number of carbonyl (C=O) groups is 1. The Morgan fingerprint density at radius 2 is 2.33 bits per heavy atom. The van der Waals surface area contributed by atoms with Gasteiger partial charge in [0.05, 0.1) is 0 Å². The van der Waals surface area contributed by atoms with E-state index in [0.717, 1.165) is 18.7 Å². The Kier molecular flexibility index (Phi) is 6.38. The maximum absolute atomic E-state index is 11.8. The second kappa shape index (κ2) is 7.31. The van der Waals surface area contributed by atoms with Crippen LogP contribution in [0.5, 0.6) is 0 Å². The van der Waals surface area contributed by atoms with Crippen LogP contribution in [0.2, 0.25) is 0 Å². The largest absolute Gasteiger partial charge is 0.326 e. The van der Waals surface area contributed by atoms with Crippen molar-refractivity contribution in [2.45, 2.75) is 32.2 Å². The lowest BCUT2D eigenvalue weighted by Crippen LogP contribution is -2.27. The number of hydrogen-bond donors (Lipinski definition) is 2. The lowest BCUT2D eigenvalue weighted by atomic mass is 10.1. The van der Waals surface area contributed by atoms with Gasteiger partial charge in [0.1, 0.15) is 0 Å². The topological polar surface area (TPSA) is 41.1 Å². The van der Waals surface area contributed by atoms with E-state index in [1.54, 1.807) is 0 Å². The SMILES string of the molecule is Cc1ccc(NC(=O)CC2CCCN2)cc1I.Cl. The van der Waals surface area contributed by atoms with Crippen molar-refractivity contribution in [1.82, 2.24) is 5.32 Å². The van der Waals surface area contributed by atoms with E-state index in [1.165, 1.54) is 15.6 Å². The van der Waals surface area contributed by atoms with Crippen LogP contribution >= 0.6 is 35.0 Å². The Morgan fingerprint density at radius 3 is 2.94 bits per heavy atom. The molecule has 1 aliphatic rings. The molecule has 1 fully saturated rings. The number of rotatable bonds is 3. The summed E-state index contributed by atoms with van der Waals surface area (Å²) in [6, 6.07) is 6.36. The van der Waals surface area contributed by atoms with Gasteiger partial charge >= 0.3 is 0 Å². The first-order valence-corrected chi connectivity index (χ1v) is 7.02. The first-order chi connectivity index (χ1) is 8.15. The van der Waals surface area contributed by atoms with Crippen molar-refractivity contribution >= 4 is 46.6 Å². The van der Waals surface area contributed by atoms with Crippen molar-refractivity contribution in [1.29, 1.82) is 0 Å². The van der Waals surface area contributed by atoms with Gasteiger partial charge in [0.25, 0.3) is 0 Å². The van der Waals surface area contributed by atoms with Gasteiger partial charge in [0.15, 0.2) is 0 Å². The third-order valence-corrected chi connectivity index (χ3v) is 4.21. The fourth-order valence-corrected chi connectivity index (χ4v) is 2.55. The quantitative estimate of drug-likeness (QED) is 0.791. The second-order valence-electron chi connectivity index (χ2n) is 4.51. The van der Waals surface area contributed by atoms with Crippen molar-refractivity contribution in [3.05, 3.63) is 27.3 Å². The summed E-state index contributed by atoms with van der Waals surface area (Å²) in [6.07, 6.45) is 2.86. The molecular formula is C13H18ClIN2O. The molecule has 1 aromatic rings. The molecule has 1 aromatic carbocycles. The molecule has 1 saturated heterocycles. The van der Waals surface area contributed by atoms with E-state index in [0.29, 0.717) is 12.5 Å². The Hall–Kier alpha value is -0.330. The molecule has 1 amide bonds. The molecule has 1 aliphatic heterocycles. The van der Waals surface area contributed by atoms with Crippen molar-refractivity contribution in [2.24, 2.45) is 0 Å². The van der Waals surface area contributed by atoms with Crippen molar-refractivity contribution < 1.29 is 4.79 Å². The van der Waals surface area contributed by atoms with E-state index in [2.05, 4.69) is 40.1 Å². The molecule has 0 spiro atoms. The van der Waals surface area contributed by atoms with E-state index in [1.807, 2.05) is 18.2 Å². The van der Waals surface area contributed by atoms with Gasteiger partial charge in [-0.15, -0.1) is 12.4 Å². The van der Waals surface area contributed by atoms with Crippen LogP contribution in [0, 0.1) is 10.5 Å².